The summed E-state index contributed by atoms with van der Waals surface area (Å²) in [7, 11) is 0. The molecule has 1 rings (SSSR count). The maximum absolute atomic E-state index is 12.7. The monoisotopic (exact) mass is 298 g/mol. The molecule has 1 saturated heterocycles. The van der Waals surface area contributed by atoms with Crippen molar-refractivity contribution in [2.75, 3.05) is 13.2 Å². The normalized spacial score (nSPS) is 24.0. The highest BCUT2D eigenvalue weighted by atomic mass is 16.5. The molecule has 2 atom stereocenters. The van der Waals surface area contributed by atoms with Gasteiger partial charge in [-0.1, -0.05) is 20.3 Å². The summed E-state index contributed by atoms with van der Waals surface area (Å²) in [5.74, 6) is 0.0261. The van der Waals surface area contributed by atoms with Gasteiger partial charge in [-0.2, -0.15) is 0 Å². The topological polar surface area (TPSA) is 58.6 Å². The lowest BCUT2D eigenvalue weighted by Crippen LogP contribution is -2.70. The second kappa shape index (κ2) is 6.34. The van der Waals surface area contributed by atoms with Gasteiger partial charge in [-0.15, -0.1) is 0 Å². The SMILES string of the molecule is CCC(C)C1NC(=O)C(C)(C)N(CCOC(C)(C)C)C1=O. The van der Waals surface area contributed by atoms with Crippen LogP contribution in [0.2, 0.25) is 0 Å². The van der Waals surface area contributed by atoms with Gasteiger partial charge in [0, 0.05) is 6.54 Å². The number of ether oxygens (including phenoxy) is 1. The molecule has 1 aliphatic rings. The van der Waals surface area contributed by atoms with Gasteiger partial charge in [-0.05, 0) is 40.5 Å². The molecule has 2 unspecified atom stereocenters. The molecule has 0 spiro atoms. The van der Waals surface area contributed by atoms with Gasteiger partial charge in [-0.25, -0.2) is 0 Å². The van der Waals surface area contributed by atoms with Crippen LogP contribution in [0.3, 0.4) is 0 Å². The summed E-state index contributed by atoms with van der Waals surface area (Å²) in [5.41, 5.74) is -1.08. The van der Waals surface area contributed by atoms with Crippen molar-refractivity contribution in [1.82, 2.24) is 10.2 Å². The molecule has 1 aliphatic heterocycles. The largest absolute Gasteiger partial charge is 0.374 e. The molecule has 5 nitrogen and oxygen atoms in total. The lowest BCUT2D eigenvalue weighted by atomic mass is 9.89. The van der Waals surface area contributed by atoms with Crippen LogP contribution in [-0.2, 0) is 14.3 Å². The molecule has 0 aliphatic carbocycles. The third-order valence-electron chi connectivity index (χ3n) is 4.11. The molecule has 0 radical (unpaired) electrons. The van der Waals surface area contributed by atoms with Crippen LogP contribution in [0.4, 0.5) is 0 Å². The van der Waals surface area contributed by atoms with Crippen LogP contribution in [-0.4, -0.2) is 47.0 Å². The van der Waals surface area contributed by atoms with E-state index in [0.29, 0.717) is 13.2 Å². The second-order valence-electron chi connectivity index (χ2n) is 7.35. The average Bonchev–Trinajstić information content (AvgIpc) is 2.36. The molecule has 0 bridgehead atoms. The Labute approximate surface area is 128 Å². The van der Waals surface area contributed by atoms with E-state index >= 15 is 0 Å². The molecule has 5 heteroatoms. The number of rotatable bonds is 5. The lowest BCUT2D eigenvalue weighted by Gasteiger charge is -2.45. The van der Waals surface area contributed by atoms with Crippen molar-refractivity contribution in [2.24, 2.45) is 5.92 Å². The highest BCUT2D eigenvalue weighted by Gasteiger charge is 2.47. The number of piperazine rings is 1. The van der Waals surface area contributed by atoms with E-state index in [1.54, 1.807) is 18.7 Å². The first-order valence-electron chi connectivity index (χ1n) is 7.77. The third kappa shape index (κ3) is 4.19. The highest BCUT2D eigenvalue weighted by Crippen LogP contribution is 2.25. The van der Waals surface area contributed by atoms with Crippen molar-refractivity contribution in [1.29, 1.82) is 0 Å². The van der Waals surface area contributed by atoms with E-state index in [1.165, 1.54) is 0 Å². The maximum Gasteiger partial charge on any atom is 0.246 e. The molecule has 1 heterocycles. The fraction of sp³-hybridized carbons (Fsp3) is 0.875. The van der Waals surface area contributed by atoms with Crippen molar-refractivity contribution in [3.63, 3.8) is 0 Å². The Morgan fingerprint density at radius 2 is 1.90 bits per heavy atom. The summed E-state index contributed by atoms with van der Waals surface area (Å²) in [5, 5.41) is 2.87. The summed E-state index contributed by atoms with van der Waals surface area (Å²) in [4.78, 5) is 26.7. The van der Waals surface area contributed by atoms with E-state index < -0.39 is 11.6 Å². The molecule has 1 fully saturated rings. The molecule has 2 amide bonds. The predicted octanol–water partition coefficient (Wildman–Crippen LogP) is 1.95. The standard InChI is InChI=1S/C16H30N2O3/c1-8-11(2)12-13(19)18(9-10-21-15(3,4)5)16(6,7)14(20)17-12/h11-12H,8-10H2,1-7H3,(H,17,20). The van der Waals surface area contributed by atoms with Gasteiger partial charge in [0.15, 0.2) is 0 Å². The van der Waals surface area contributed by atoms with Crippen molar-refractivity contribution < 1.29 is 14.3 Å². The van der Waals surface area contributed by atoms with Gasteiger partial charge < -0.3 is 15.0 Å². The lowest BCUT2D eigenvalue weighted by molar-refractivity contribution is -0.158. The van der Waals surface area contributed by atoms with Gasteiger partial charge in [0.1, 0.15) is 11.6 Å². The first-order valence-corrected chi connectivity index (χ1v) is 7.77. The Balaban J connectivity index is 2.85. The summed E-state index contributed by atoms with van der Waals surface area (Å²) in [6.07, 6.45) is 0.851. The van der Waals surface area contributed by atoms with Crippen molar-refractivity contribution >= 4 is 11.8 Å². The minimum Gasteiger partial charge on any atom is -0.374 e. The van der Waals surface area contributed by atoms with E-state index in [0.717, 1.165) is 6.42 Å². The zero-order valence-corrected chi connectivity index (χ0v) is 14.4. The summed E-state index contributed by atoms with van der Waals surface area (Å²) in [6, 6.07) is -0.426. The van der Waals surface area contributed by atoms with Gasteiger partial charge in [-0.3, -0.25) is 9.59 Å². The summed E-state index contributed by atoms with van der Waals surface area (Å²) in [6.45, 7) is 14.4. The Morgan fingerprint density at radius 3 is 2.38 bits per heavy atom. The molecule has 0 saturated carbocycles. The molecular formula is C16H30N2O3. The quantitative estimate of drug-likeness (QED) is 0.844. The first kappa shape index (κ1) is 18.0. The Hall–Kier alpha value is -1.10. The smallest absolute Gasteiger partial charge is 0.246 e. The van der Waals surface area contributed by atoms with Crippen LogP contribution < -0.4 is 5.32 Å². The number of amides is 2. The number of carbonyl (C=O) groups is 2. The number of nitrogens with one attached hydrogen (secondary N) is 1. The van der Waals surface area contributed by atoms with Gasteiger partial charge in [0.2, 0.25) is 11.8 Å². The Bertz CT molecular complexity index is 399. The van der Waals surface area contributed by atoms with E-state index in [4.69, 9.17) is 4.74 Å². The van der Waals surface area contributed by atoms with E-state index in [1.807, 2.05) is 34.6 Å². The van der Waals surface area contributed by atoms with Crippen LogP contribution in [0.5, 0.6) is 0 Å². The summed E-state index contributed by atoms with van der Waals surface area (Å²) >= 11 is 0. The fourth-order valence-electron chi connectivity index (χ4n) is 2.40. The number of hydrogen-bond donors (Lipinski definition) is 1. The van der Waals surface area contributed by atoms with Crippen molar-refractivity contribution in [3.05, 3.63) is 0 Å². The Morgan fingerprint density at radius 1 is 1.33 bits per heavy atom. The van der Waals surface area contributed by atoms with Crippen LogP contribution in [0, 0.1) is 5.92 Å². The molecule has 0 aromatic heterocycles. The molecule has 122 valence electrons. The fourth-order valence-corrected chi connectivity index (χ4v) is 2.40. The van der Waals surface area contributed by atoms with Gasteiger partial charge >= 0.3 is 0 Å². The first-order chi connectivity index (χ1) is 9.50. The molecular weight excluding hydrogens is 268 g/mol. The zero-order chi connectivity index (χ0) is 16.4. The van der Waals surface area contributed by atoms with Gasteiger partial charge in [0.25, 0.3) is 0 Å². The van der Waals surface area contributed by atoms with Crippen LogP contribution in [0.25, 0.3) is 0 Å². The van der Waals surface area contributed by atoms with E-state index in [9.17, 15) is 9.59 Å². The van der Waals surface area contributed by atoms with Crippen molar-refractivity contribution in [3.8, 4) is 0 Å². The third-order valence-corrected chi connectivity index (χ3v) is 4.11. The molecule has 1 N–H and O–H groups in total. The molecule has 0 aromatic carbocycles. The number of nitrogens with zero attached hydrogens (tertiary/aromatic N) is 1. The van der Waals surface area contributed by atoms with Gasteiger partial charge in [0.05, 0.1) is 12.2 Å². The van der Waals surface area contributed by atoms with E-state index in [-0.39, 0.29) is 23.3 Å². The zero-order valence-electron chi connectivity index (χ0n) is 14.4. The summed E-state index contributed by atoms with van der Waals surface area (Å²) < 4.78 is 5.71. The maximum atomic E-state index is 12.7. The molecule has 21 heavy (non-hydrogen) atoms. The van der Waals surface area contributed by atoms with Crippen molar-refractivity contribution in [2.45, 2.75) is 72.1 Å². The minimum atomic E-state index is -0.831. The Kier molecular flexibility index (Phi) is 5.42. The molecule has 0 aromatic rings. The number of carbonyl (C=O) groups excluding carboxylic acids is 2. The van der Waals surface area contributed by atoms with Crippen LogP contribution in [0.15, 0.2) is 0 Å². The second-order valence-corrected chi connectivity index (χ2v) is 7.35. The minimum absolute atomic E-state index is 0.00791. The number of hydrogen-bond acceptors (Lipinski definition) is 3. The van der Waals surface area contributed by atoms with Crippen LogP contribution >= 0.6 is 0 Å². The average molecular weight is 298 g/mol. The predicted molar refractivity (Wildman–Crippen MR) is 82.9 cm³/mol. The van der Waals surface area contributed by atoms with Crippen LogP contribution in [0.1, 0.15) is 54.9 Å². The highest BCUT2D eigenvalue weighted by molar-refractivity contribution is 5.99. The van der Waals surface area contributed by atoms with E-state index in [2.05, 4.69) is 5.32 Å².